The Morgan fingerprint density at radius 2 is 2.12 bits per heavy atom. The maximum absolute atomic E-state index is 12.5. The Morgan fingerprint density at radius 3 is 2.88 bits per heavy atom. The maximum atomic E-state index is 12.5. The van der Waals surface area contributed by atoms with Crippen LogP contribution in [0.25, 0.3) is 5.69 Å². The summed E-state index contributed by atoms with van der Waals surface area (Å²) >= 11 is 0. The van der Waals surface area contributed by atoms with E-state index in [0.717, 1.165) is 29.9 Å². The molecule has 0 saturated heterocycles. The summed E-state index contributed by atoms with van der Waals surface area (Å²) in [5.41, 5.74) is 2.32. The van der Waals surface area contributed by atoms with Crippen LogP contribution in [0.3, 0.4) is 0 Å². The van der Waals surface area contributed by atoms with E-state index in [1.54, 1.807) is 28.9 Å². The summed E-state index contributed by atoms with van der Waals surface area (Å²) in [6.07, 6.45) is 5.95. The molecule has 0 atom stereocenters. The van der Waals surface area contributed by atoms with E-state index in [0.29, 0.717) is 18.2 Å². The third-order valence-electron chi connectivity index (χ3n) is 4.15. The Labute approximate surface area is 139 Å². The minimum absolute atomic E-state index is 0.141. The van der Waals surface area contributed by atoms with Gasteiger partial charge in [-0.1, -0.05) is 23.4 Å². The van der Waals surface area contributed by atoms with Gasteiger partial charge in [-0.3, -0.25) is 4.79 Å². The standard InChI is InChI=1S/C18H18N4O2/c1-21(18(23)16-9-17(24-20-16)14-7-8-14)11-13-10-19-22(12-13)15-5-3-2-4-6-15/h2-6,9-10,12,14H,7-8,11H2,1H3. The van der Waals surface area contributed by atoms with E-state index in [4.69, 9.17) is 4.52 Å². The number of amides is 1. The van der Waals surface area contributed by atoms with Gasteiger partial charge in [0.25, 0.3) is 5.91 Å². The van der Waals surface area contributed by atoms with Gasteiger partial charge in [0.15, 0.2) is 5.69 Å². The SMILES string of the molecule is CN(Cc1cnn(-c2ccccc2)c1)C(=O)c1cc(C2CC2)on1. The molecule has 3 aromatic rings. The number of rotatable bonds is 5. The summed E-state index contributed by atoms with van der Waals surface area (Å²) in [5.74, 6) is 1.13. The monoisotopic (exact) mass is 322 g/mol. The van der Waals surface area contributed by atoms with Crippen LogP contribution >= 0.6 is 0 Å². The molecule has 1 aromatic carbocycles. The van der Waals surface area contributed by atoms with Crippen LogP contribution in [0.5, 0.6) is 0 Å². The molecule has 1 aliphatic carbocycles. The highest BCUT2D eigenvalue weighted by atomic mass is 16.5. The summed E-state index contributed by atoms with van der Waals surface area (Å²) in [6, 6.07) is 11.6. The van der Waals surface area contributed by atoms with Crippen molar-refractivity contribution in [1.82, 2.24) is 19.8 Å². The zero-order chi connectivity index (χ0) is 16.5. The van der Waals surface area contributed by atoms with Crippen LogP contribution in [-0.4, -0.2) is 32.8 Å². The lowest BCUT2D eigenvalue weighted by Crippen LogP contribution is -2.26. The third-order valence-corrected chi connectivity index (χ3v) is 4.15. The van der Waals surface area contributed by atoms with Crippen LogP contribution in [0, 0.1) is 0 Å². The Balaban J connectivity index is 1.44. The minimum atomic E-state index is -0.141. The summed E-state index contributed by atoms with van der Waals surface area (Å²) < 4.78 is 7.06. The molecule has 0 bridgehead atoms. The van der Waals surface area contributed by atoms with Crippen LogP contribution in [0.15, 0.2) is 53.3 Å². The molecule has 2 heterocycles. The fraction of sp³-hybridized carbons (Fsp3) is 0.278. The quantitative estimate of drug-likeness (QED) is 0.724. The van der Waals surface area contributed by atoms with Gasteiger partial charge < -0.3 is 9.42 Å². The average Bonchev–Trinajstić information content (AvgIpc) is 3.16. The van der Waals surface area contributed by atoms with Crippen molar-refractivity contribution in [1.29, 1.82) is 0 Å². The molecular formula is C18H18N4O2. The highest BCUT2D eigenvalue weighted by molar-refractivity contribution is 5.92. The van der Waals surface area contributed by atoms with Gasteiger partial charge >= 0.3 is 0 Å². The van der Waals surface area contributed by atoms with Gasteiger partial charge in [-0.2, -0.15) is 5.10 Å². The van der Waals surface area contributed by atoms with E-state index in [9.17, 15) is 4.79 Å². The number of carbonyl (C=O) groups excluding carboxylic acids is 1. The van der Waals surface area contributed by atoms with Crippen molar-refractivity contribution in [3.63, 3.8) is 0 Å². The number of para-hydroxylation sites is 1. The minimum Gasteiger partial charge on any atom is -0.360 e. The van der Waals surface area contributed by atoms with Gasteiger partial charge in [-0.05, 0) is 25.0 Å². The third kappa shape index (κ3) is 2.95. The normalized spacial score (nSPS) is 13.9. The highest BCUT2D eigenvalue weighted by Gasteiger charge is 2.29. The number of benzene rings is 1. The molecule has 1 saturated carbocycles. The second-order valence-corrected chi connectivity index (χ2v) is 6.18. The summed E-state index contributed by atoms with van der Waals surface area (Å²) in [6.45, 7) is 0.470. The first-order chi connectivity index (χ1) is 11.7. The highest BCUT2D eigenvalue weighted by Crippen LogP contribution is 2.40. The molecule has 122 valence electrons. The molecular weight excluding hydrogens is 304 g/mol. The first-order valence-electron chi connectivity index (χ1n) is 8.02. The Hall–Kier alpha value is -2.89. The van der Waals surface area contributed by atoms with E-state index >= 15 is 0 Å². The number of carbonyl (C=O) groups is 1. The largest absolute Gasteiger partial charge is 0.360 e. The van der Waals surface area contributed by atoms with E-state index < -0.39 is 0 Å². The van der Waals surface area contributed by atoms with E-state index in [-0.39, 0.29) is 5.91 Å². The van der Waals surface area contributed by atoms with Crippen LogP contribution in [0.1, 0.15) is 40.6 Å². The first-order valence-corrected chi connectivity index (χ1v) is 8.02. The maximum Gasteiger partial charge on any atom is 0.276 e. The lowest BCUT2D eigenvalue weighted by atomic mass is 10.2. The summed E-state index contributed by atoms with van der Waals surface area (Å²) in [7, 11) is 1.76. The lowest BCUT2D eigenvalue weighted by Gasteiger charge is -2.14. The van der Waals surface area contributed by atoms with Gasteiger partial charge in [0, 0.05) is 37.3 Å². The van der Waals surface area contributed by atoms with Crippen LogP contribution < -0.4 is 0 Å². The van der Waals surface area contributed by atoms with Crippen molar-refractivity contribution in [2.24, 2.45) is 0 Å². The van der Waals surface area contributed by atoms with Crippen molar-refractivity contribution in [2.45, 2.75) is 25.3 Å². The Morgan fingerprint density at radius 1 is 1.33 bits per heavy atom. The molecule has 0 aliphatic heterocycles. The van der Waals surface area contributed by atoms with Gasteiger partial charge in [0.1, 0.15) is 5.76 Å². The number of nitrogens with zero attached hydrogens (tertiary/aromatic N) is 4. The van der Waals surface area contributed by atoms with Gasteiger partial charge in [0.2, 0.25) is 0 Å². The predicted molar refractivity (Wildman–Crippen MR) is 87.8 cm³/mol. The Bertz CT molecular complexity index is 849. The van der Waals surface area contributed by atoms with Gasteiger partial charge in [-0.25, -0.2) is 4.68 Å². The fourth-order valence-corrected chi connectivity index (χ4v) is 2.66. The number of aromatic nitrogens is 3. The molecule has 1 amide bonds. The zero-order valence-corrected chi connectivity index (χ0v) is 13.4. The van der Waals surface area contributed by atoms with Crippen molar-refractivity contribution < 1.29 is 9.32 Å². The van der Waals surface area contributed by atoms with E-state index in [2.05, 4.69) is 10.3 Å². The van der Waals surface area contributed by atoms with E-state index in [1.807, 2.05) is 36.5 Å². The second kappa shape index (κ2) is 5.96. The molecule has 4 rings (SSSR count). The molecule has 24 heavy (non-hydrogen) atoms. The van der Waals surface area contributed by atoms with Crippen molar-refractivity contribution in [3.8, 4) is 5.69 Å². The Kier molecular flexibility index (Phi) is 3.65. The summed E-state index contributed by atoms with van der Waals surface area (Å²) in [4.78, 5) is 14.1. The van der Waals surface area contributed by atoms with Crippen LogP contribution in [-0.2, 0) is 6.54 Å². The molecule has 6 nitrogen and oxygen atoms in total. The molecule has 0 N–H and O–H groups in total. The van der Waals surface area contributed by atoms with Crippen molar-refractivity contribution in [2.75, 3.05) is 7.05 Å². The second-order valence-electron chi connectivity index (χ2n) is 6.18. The van der Waals surface area contributed by atoms with Crippen molar-refractivity contribution in [3.05, 3.63) is 65.8 Å². The first kappa shape index (κ1) is 14.7. The topological polar surface area (TPSA) is 64.2 Å². The fourth-order valence-electron chi connectivity index (χ4n) is 2.66. The molecule has 1 aliphatic rings. The number of hydrogen-bond acceptors (Lipinski definition) is 4. The van der Waals surface area contributed by atoms with Gasteiger partial charge in [-0.15, -0.1) is 0 Å². The van der Waals surface area contributed by atoms with Crippen molar-refractivity contribution >= 4 is 5.91 Å². The van der Waals surface area contributed by atoms with Crippen LogP contribution in [0.2, 0.25) is 0 Å². The van der Waals surface area contributed by atoms with Crippen LogP contribution in [0.4, 0.5) is 0 Å². The molecule has 6 heteroatoms. The molecule has 0 unspecified atom stereocenters. The summed E-state index contributed by atoms with van der Waals surface area (Å²) in [5, 5.41) is 8.26. The van der Waals surface area contributed by atoms with E-state index in [1.165, 1.54) is 0 Å². The zero-order valence-electron chi connectivity index (χ0n) is 13.4. The number of hydrogen-bond donors (Lipinski definition) is 0. The molecule has 0 spiro atoms. The smallest absolute Gasteiger partial charge is 0.276 e. The molecule has 2 aromatic heterocycles. The van der Waals surface area contributed by atoms with Gasteiger partial charge in [0.05, 0.1) is 11.9 Å². The molecule has 1 fully saturated rings. The molecule has 0 radical (unpaired) electrons. The lowest BCUT2D eigenvalue weighted by molar-refractivity contribution is 0.0774. The average molecular weight is 322 g/mol. The predicted octanol–water partition coefficient (Wildman–Crippen LogP) is 3.01.